The molecule has 0 saturated carbocycles. The lowest BCUT2D eigenvalue weighted by atomic mass is 10.2. The van der Waals surface area contributed by atoms with Crippen LogP contribution in [0, 0.1) is 6.92 Å². The molecule has 2 aromatic heterocycles. The maximum Gasteiger partial charge on any atom is 0.298 e. The van der Waals surface area contributed by atoms with Gasteiger partial charge < -0.3 is 15.3 Å². The van der Waals surface area contributed by atoms with Gasteiger partial charge in [0.2, 0.25) is 11.5 Å². The van der Waals surface area contributed by atoms with Crippen LogP contribution in [0.5, 0.6) is 0 Å². The lowest BCUT2D eigenvalue weighted by Gasteiger charge is -1.99. The fourth-order valence-corrected chi connectivity index (χ4v) is 2.60. The van der Waals surface area contributed by atoms with Gasteiger partial charge in [0, 0.05) is 19.2 Å². The summed E-state index contributed by atoms with van der Waals surface area (Å²) in [6, 6.07) is 6.74. The number of nitrogens with two attached hydrogens (primary N) is 1. The molecule has 8 nitrogen and oxygen atoms in total. The molecule has 2 amide bonds. The van der Waals surface area contributed by atoms with E-state index in [4.69, 9.17) is 5.73 Å². The molecule has 3 aromatic rings. The fourth-order valence-electron chi connectivity index (χ4n) is 2.60. The number of rotatable bonds is 3. The van der Waals surface area contributed by atoms with Gasteiger partial charge >= 0.3 is 0 Å². The van der Waals surface area contributed by atoms with Crippen molar-refractivity contribution in [2.24, 2.45) is 17.8 Å². The van der Waals surface area contributed by atoms with Gasteiger partial charge in [0.1, 0.15) is 5.69 Å². The van der Waals surface area contributed by atoms with Crippen LogP contribution in [0.3, 0.4) is 0 Å². The molecular formula is C16H18N6O2. The first kappa shape index (κ1) is 15.7. The molecule has 124 valence electrons. The van der Waals surface area contributed by atoms with Crippen LogP contribution in [-0.4, -0.2) is 31.1 Å². The first-order valence-corrected chi connectivity index (χ1v) is 7.52. The Bertz CT molecular complexity index is 1020. The third-order valence-corrected chi connectivity index (χ3v) is 3.84. The summed E-state index contributed by atoms with van der Waals surface area (Å²) in [5.41, 5.74) is 8.79. The number of aromatic amines is 1. The Morgan fingerprint density at radius 3 is 2.75 bits per heavy atom. The number of nitrogens with zero attached hydrogens (tertiary/aromatic N) is 4. The highest BCUT2D eigenvalue weighted by Gasteiger charge is 2.13. The summed E-state index contributed by atoms with van der Waals surface area (Å²) in [6.45, 7) is 4.33. The Morgan fingerprint density at radius 1 is 1.33 bits per heavy atom. The van der Waals surface area contributed by atoms with Crippen LogP contribution >= 0.6 is 0 Å². The SMILES string of the molecule is CCn1nc(C)cc1C(=O)N=c1[nH]c2ccc(C(N)=O)cc2n1C. The smallest absolute Gasteiger partial charge is 0.298 e. The van der Waals surface area contributed by atoms with Gasteiger partial charge in [0.05, 0.1) is 16.7 Å². The summed E-state index contributed by atoms with van der Waals surface area (Å²) in [7, 11) is 1.76. The van der Waals surface area contributed by atoms with Gasteiger partial charge in [-0.3, -0.25) is 14.3 Å². The van der Waals surface area contributed by atoms with Crippen molar-refractivity contribution in [1.82, 2.24) is 19.3 Å². The summed E-state index contributed by atoms with van der Waals surface area (Å²) in [5, 5.41) is 4.26. The van der Waals surface area contributed by atoms with E-state index in [-0.39, 0.29) is 5.91 Å². The Kier molecular flexibility index (Phi) is 3.80. The predicted molar refractivity (Wildman–Crippen MR) is 88.3 cm³/mol. The molecule has 3 rings (SSSR count). The molecule has 0 radical (unpaired) electrons. The normalized spacial score (nSPS) is 12.0. The number of fused-ring (bicyclic) bond motifs is 1. The van der Waals surface area contributed by atoms with Crippen LogP contribution in [0.1, 0.15) is 33.5 Å². The quantitative estimate of drug-likeness (QED) is 0.745. The summed E-state index contributed by atoms with van der Waals surface area (Å²) in [6.07, 6.45) is 0. The molecule has 3 N–H and O–H groups in total. The van der Waals surface area contributed by atoms with Gasteiger partial charge in [-0.25, -0.2) is 0 Å². The monoisotopic (exact) mass is 326 g/mol. The van der Waals surface area contributed by atoms with E-state index in [1.807, 2.05) is 13.8 Å². The molecular weight excluding hydrogens is 308 g/mol. The molecule has 0 unspecified atom stereocenters. The van der Waals surface area contributed by atoms with E-state index >= 15 is 0 Å². The highest BCUT2D eigenvalue weighted by molar-refractivity contribution is 5.96. The van der Waals surface area contributed by atoms with Crippen molar-refractivity contribution in [1.29, 1.82) is 0 Å². The number of carbonyl (C=O) groups is 2. The number of hydrogen-bond acceptors (Lipinski definition) is 3. The van der Waals surface area contributed by atoms with Crippen LogP contribution in [0.15, 0.2) is 29.3 Å². The zero-order valence-corrected chi connectivity index (χ0v) is 13.7. The van der Waals surface area contributed by atoms with E-state index in [0.29, 0.717) is 23.4 Å². The van der Waals surface area contributed by atoms with Gasteiger partial charge in [0.15, 0.2) is 0 Å². The molecule has 0 bridgehead atoms. The lowest BCUT2D eigenvalue weighted by Crippen LogP contribution is -2.19. The maximum atomic E-state index is 12.5. The van der Waals surface area contributed by atoms with Crippen LogP contribution in [0.2, 0.25) is 0 Å². The minimum Gasteiger partial charge on any atom is -0.366 e. The van der Waals surface area contributed by atoms with E-state index in [1.54, 1.807) is 40.6 Å². The van der Waals surface area contributed by atoms with Crippen molar-refractivity contribution in [3.63, 3.8) is 0 Å². The molecule has 2 heterocycles. The number of benzene rings is 1. The molecule has 0 spiro atoms. The average Bonchev–Trinajstić information content (AvgIpc) is 3.08. The van der Waals surface area contributed by atoms with Crippen molar-refractivity contribution in [2.75, 3.05) is 0 Å². The number of imidazole rings is 1. The van der Waals surface area contributed by atoms with Gasteiger partial charge in [-0.1, -0.05) is 0 Å². The summed E-state index contributed by atoms with van der Waals surface area (Å²) in [5.74, 6) is -0.885. The number of amides is 2. The van der Waals surface area contributed by atoms with Crippen LogP contribution in [-0.2, 0) is 13.6 Å². The fraction of sp³-hybridized carbons (Fsp3) is 0.250. The molecule has 8 heteroatoms. The minimum absolute atomic E-state index is 0.380. The van der Waals surface area contributed by atoms with Gasteiger partial charge in [-0.15, -0.1) is 0 Å². The second-order valence-electron chi connectivity index (χ2n) is 5.51. The van der Waals surface area contributed by atoms with Crippen LogP contribution < -0.4 is 11.4 Å². The Hall–Kier alpha value is -3.16. The molecule has 0 aliphatic carbocycles. The Morgan fingerprint density at radius 2 is 2.08 bits per heavy atom. The first-order chi connectivity index (χ1) is 11.4. The minimum atomic E-state index is -0.505. The number of aromatic nitrogens is 4. The van der Waals surface area contributed by atoms with Crippen LogP contribution in [0.25, 0.3) is 11.0 Å². The number of H-pyrrole nitrogens is 1. The van der Waals surface area contributed by atoms with E-state index in [9.17, 15) is 9.59 Å². The number of carbonyl (C=O) groups excluding carboxylic acids is 2. The topological polar surface area (TPSA) is 111 Å². The Labute approximate surface area is 137 Å². The van der Waals surface area contributed by atoms with Gasteiger partial charge in [-0.05, 0) is 38.1 Å². The second kappa shape index (κ2) is 5.80. The van der Waals surface area contributed by atoms with Crippen molar-refractivity contribution < 1.29 is 9.59 Å². The number of nitrogens with one attached hydrogen (secondary N) is 1. The highest BCUT2D eigenvalue weighted by Crippen LogP contribution is 2.12. The van der Waals surface area contributed by atoms with Crippen molar-refractivity contribution >= 4 is 22.8 Å². The molecule has 0 saturated heterocycles. The standard InChI is InChI=1S/C16H18N6O2/c1-4-22-13(7-9(2)20-22)15(24)19-16-18-11-6-5-10(14(17)23)8-12(11)21(16)3/h5-8H,4H2,1-3H3,(H2,17,23)(H,18,19,24). The van der Waals surface area contributed by atoms with Crippen LogP contribution in [0.4, 0.5) is 0 Å². The number of aryl methyl sites for hydroxylation is 3. The maximum absolute atomic E-state index is 12.5. The second-order valence-corrected chi connectivity index (χ2v) is 5.51. The summed E-state index contributed by atoms with van der Waals surface area (Å²) < 4.78 is 3.33. The predicted octanol–water partition coefficient (Wildman–Crippen LogP) is 0.871. The van der Waals surface area contributed by atoms with E-state index in [0.717, 1.165) is 16.7 Å². The zero-order chi connectivity index (χ0) is 17.4. The molecule has 24 heavy (non-hydrogen) atoms. The molecule has 0 aliphatic rings. The third kappa shape index (κ3) is 2.62. The van der Waals surface area contributed by atoms with E-state index < -0.39 is 5.91 Å². The average molecular weight is 326 g/mol. The lowest BCUT2D eigenvalue weighted by molar-refractivity contribution is 0.0982. The highest BCUT2D eigenvalue weighted by atomic mass is 16.1. The largest absolute Gasteiger partial charge is 0.366 e. The molecule has 0 atom stereocenters. The van der Waals surface area contributed by atoms with Crippen molar-refractivity contribution in [2.45, 2.75) is 20.4 Å². The first-order valence-electron chi connectivity index (χ1n) is 7.52. The zero-order valence-electron chi connectivity index (χ0n) is 13.7. The number of hydrogen-bond donors (Lipinski definition) is 2. The van der Waals surface area contributed by atoms with Gasteiger partial charge in [0.25, 0.3) is 5.91 Å². The Balaban J connectivity index is 2.11. The molecule has 0 aliphatic heterocycles. The van der Waals surface area contributed by atoms with Crippen molar-refractivity contribution in [3.05, 3.63) is 46.8 Å². The van der Waals surface area contributed by atoms with Crippen molar-refractivity contribution in [3.8, 4) is 0 Å². The van der Waals surface area contributed by atoms with E-state index in [1.165, 1.54) is 0 Å². The summed E-state index contributed by atoms with van der Waals surface area (Å²) in [4.78, 5) is 31.0. The third-order valence-electron chi connectivity index (χ3n) is 3.84. The molecule has 1 aromatic carbocycles. The summed E-state index contributed by atoms with van der Waals surface area (Å²) >= 11 is 0. The molecule has 0 fully saturated rings. The van der Waals surface area contributed by atoms with E-state index in [2.05, 4.69) is 15.1 Å². The van der Waals surface area contributed by atoms with Gasteiger partial charge in [-0.2, -0.15) is 10.1 Å². The number of primary amides is 1.